The van der Waals surface area contributed by atoms with Crippen LogP contribution in [0, 0.1) is 6.92 Å². The van der Waals surface area contributed by atoms with Crippen molar-refractivity contribution in [2.75, 3.05) is 26.2 Å². The molecule has 30 heavy (non-hydrogen) atoms. The highest BCUT2D eigenvalue weighted by atomic mass is 16.5. The molecule has 0 bridgehead atoms. The number of carbonyl (C=O) groups excluding carboxylic acids is 1. The second kappa shape index (κ2) is 11.2. The van der Waals surface area contributed by atoms with Crippen molar-refractivity contribution in [3.63, 3.8) is 0 Å². The first kappa shape index (κ1) is 21.7. The summed E-state index contributed by atoms with van der Waals surface area (Å²) in [6.45, 7) is 8.19. The maximum Gasteiger partial charge on any atom is 0.222 e. The molecule has 1 fully saturated rings. The van der Waals surface area contributed by atoms with Crippen molar-refractivity contribution in [1.29, 1.82) is 0 Å². The molecule has 2 aromatic rings. The highest BCUT2D eigenvalue weighted by molar-refractivity contribution is 5.79. The van der Waals surface area contributed by atoms with Gasteiger partial charge in [0.25, 0.3) is 0 Å². The van der Waals surface area contributed by atoms with Gasteiger partial charge < -0.3 is 20.3 Å². The molecule has 0 saturated carbocycles. The van der Waals surface area contributed by atoms with Crippen LogP contribution in [0.2, 0.25) is 0 Å². The number of hydrogen-bond acceptors (Lipinski definition) is 3. The Morgan fingerprint density at radius 2 is 1.87 bits per heavy atom. The minimum absolute atomic E-state index is 0.247. The van der Waals surface area contributed by atoms with Gasteiger partial charge in [-0.25, -0.2) is 4.99 Å². The number of rotatable bonds is 9. The third-order valence-electron chi connectivity index (χ3n) is 5.09. The number of nitrogens with zero attached hydrogens (tertiary/aromatic N) is 2. The largest absolute Gasteiger partial charge is 0.492 e. The number of aliphatic imine (C=N–C) groups is 1. The molecule has 0 spiro atoms. The third-order valence-corrected chi connectivity index (χ3v) is 5.09. The van der Waals surface area contributed by atoms with Crippen molar-refractivity contribution in [2.24, 2.45) is 4.99 Å². The molecule has 1 aliphatic rings. The first-order valence-corrected chi connectivity index (χ1v) is 10.7. The zero-order chi connectivity index (χ0) is 21.2. The molecular weight excluding hydrogens is 376 g/mol. The molecule has 0 aliphatic carbocycles. The predicted octanol–water partition coefficient (Wildman–Crippen LogP) is 3.25. The molecule has 6 heteroatoms. The van der Waals surface area contributed by atoms with Crippen molar-refractivity contribution < 1.29 is 9.53 Å². The van der Waals surface area contributed by atoms with E-state index in [1.807, 2.05) is 48.2 Å². The topological polar surface area (TPSA) is 66.0 Å². The van der Waals surface area contributed by atoms with E-state index in [0.717, 1.165) is 42.3 Å². The van der Waals surface area contributed by atoms with Crippen LogP contribution in [-0.4, -0.2) is 43.0 Å². The summed E-state index contributed by atoms with van der Waals surface area (Å²) in [7, 11) is 0. The Labute approximate surface area is 179 Å². The van der Waals surface area contributed by atoms with Crippen molar-refractivity contribution >= 4 is 11.9 Å². The van der Waals surface area contributed by atoms with E-state index < -0.39 is 0 Å². The molecule has 1 amide bonds. The number of likely N-dealkylation sites (tertiary alicyclic amines) is 1. The lowest BCUT2D eigenvalue weighted by molar-refractivity contribution is -0.128. The van der Waals surface area contributed by atoms with Gasteiger partial charge in [0.1, 0.15) is 12.4 Å². The number of guanidine groups is 1. The normalized spacial score (nSPS) is 14.1. The average molecular weight is 409 g/mol. The van der Waals surface area contributed by atoms with Gasteiger partial charge in [-0.1, -0.05) is 42.0 Å². The maximum absolute atomic E-state index is 12.0. The molecule has 160 valence electrons. The lowest BCUT2D eigenvalue weighted by atomic mass is 10.1. The summed E-state index contributed by atoms with van der Waals surface area (Å²) >= 11 is 0. The Balaban J connectivity index is 1.53. The molecule has 1 aliphatic heterocycles. The fourth-order valence-corrected chi connectivity index (χ4v) is 3.42. The number of amides is 1. The fraction of sp³-hybridized carbons (Fsp3) is 0.417. The second-order valence-corrected chi connectivity index (χ2v) is 7.47. The van der Waals surface area contributed by atoms with Gasteiger partial charge in [0.2, 0.25) is 5.91 Å². The Kier molecular flexibility index (Phi) is 8.12. The van der Waals surface area contributed by atoms with Crippen LogP contribution in [0.1, 0.15) is 36.5 Å². The summed E-state index contributed by atoms with van der Waals surface area (Å²) in [5.41, 5.74) is 3.52. The maximum atomic E-state index is 12.0. The number of hydrogen-bond donors (Lipinski definition) is 2. The Bertz CT molecular complexity index is 849. The summed E-state index contributed by atoms with van der Waals surface area (Å²) in [5.74, 6) is 1.88. The summed E-state index contributed by atoms with van der Waals surface area (Å²) in [5, 5.41) is 6.60. The van der Waals surface area contributed by atoms with E-state index in [4.69, 9.17) is 9.73 Å². The second-order valence-electron chi connectivity index (χ2n) is 7.47. The SMILES string of the molecule is CCNC(=NCc1ccccc1CN1CCCC1=O)NCCOc1ccc(C)cc1. The van der Waals surface area contributed by atoms with E-state index >= 15 is 0 Å². The summed E-state index contributed by atoms with van der Waals surface area (Å²) in [6.07, 6.45) is 1.62. The summed E-state index contributed by atoms with van der Waals surface area (Å²) in [6, 6.07) is 16.3. The number of aryl methyl sites for hydroxylation is 1. The monoisotopic (exact) mass is 408 g/mol. The first-order valence-electron chi connectivity index (χ1n) is 10.7. The standard InChI is InChI=1S/C24H32N4O2/c1-3-25-24(26-14-16-30-22-12-10-19(2)11-13-22)27-17-20-7-4-5-8-21(20)18-28-15-6-9-23(28)29/h4-5,7-8,10-13H,3,6,9,14-18H2,1-2H3,(H2,25,26,27). The zero-order valence-corrected chi connectivity index (χ0v) is 18.0. The zero-order valence-electron chi connectivity index (χ0n) is 18.0. The summed E-state index contributed by atoms with van der Waals surface area (Å²) in [4.78, 5) is 18.6. The van der Waals surface area contributed by atoms with E-state index in [1.54, 1.807) is 0 Å². The van der Waals surface area contributed by atoms with Gasteiger partial charge in [-0.3, -0.25) is 4.79 Å². The van der Waals surface area contributed by atoms with Gasteiger partial charge in [-0.15, -0.1) is 0 Å². The molecule has 0 unspecified atom stereocenters. The summed E-state index contributed by atoms with van der Waals surface area (Å²) < 4.78 is 5.77. The lowest BCUT2D eigenvalue weighted by Crippen LogP contribution is -2.39. The number of ether oxygens (including phenoxy) is 1. The lowest BCUT2D eigenvalue weighted by Gasteiger charge is -2.18. The van der Waals surface area contributed by atoms with E-state index in [0.29, 0.717) is 32.7 Å². The fourth-order valence-electron chi connectivity index (χ4n) is 3.42. The molecule has 1 saturated heterocycles. The highest BCUT2D eigenvalue weighted by Gasteiger charge is 2.20. The third kappa shape index (κ3) is 6.51. The highest BCUT2D eigenvalue weighted by Crippen LogP contribution is 2.18. The van der Waals surface area contributed by atoms with Crippen molar-refractivity contribution in [3.8, 4) is 5.75 Å². The number of benzene rings is 2. The minimum Gasteiger partial charge on any atom is -0.492 e. The first-order chi connectivity index (χ1) is 14.7. The van der Waals surface area contributed by atoms with Crippen LogP contribution in [0.5, 0.6) is 5.75 Å². The number of carbonyl (C=O) groups is 1. The Morgan fingerprint density at radius 1 is 1.10 bits per heavy atom. The van der Waals surface area contributed by atoms with E-state index in [-0.39, 0.29) is 5.91 Å². The van der Waals surface area contributed by atoms with Crippen molar-refractivity contribution in [1.82, 2.24) is 15.5 Å². The van der Waals surface area contributed by atoms with Crippen LogP contribution in [0.4, 0.5) is 0 Å². The van der Waals surface area contributed by atoms with Gasteiger partial charge in [0, 0.05) is 26.1 Å². The molecule has 0 radical (unpaired) electrons. The van der Waals surface area contributed by atoms with Crippen LogP contribution >= 0.6 is 0 Å². The predicted molar refractivity (Wildman–Crippen MR) is 121 cm³/mol. The quantitative estimate of drug-likeness (QED) is 0.380. The van der Waals surface area contributed by atoms with E-state index in [2.05, 4.69) is 29.7 Å². The van der Waals surface area contributed by atoms with Gasteiger partial charge in [-0.2, -0.15) is 0 Å². The van der Waals surface area contributed by atoms with Gasteiger partial charge >= 0.3 is 0 Å². The Hall–Kier alpha value is -3.02. The van der Waals surface area contributed by atoms with Crippen molar-refractivity contribution in [2.45, 2.75) is 39.8 Å². The molecular formula is C24H32N4O2. The molecule has 2 aromatic carbocycles. The van der Waals surface area contributed by atoms with Gasteiger partial charge in [0.15, 0.2) is 5.96 Å². The molecule has 1 heterocycles. The Morgan fingerprint density at radius 3 is 2.57 bits per heavy atom. The minimum atomic E-state index is 0.247. The van der Waals surface area contributed by atoms with Crippen LogP contribution in [-0.2, 0) is 17.9 Å². The smallest absolute Gasteiger partial charge is 0.222 e. The number of nitrogens with one attached hydrogen (secondary N) is 2. The van der Waals surface area contributed by atoms with Crippen LogP contribution in [0.3, 0.4) is 0 Å². The molecule has 3 rings (SSSR count). The van der Waals surface area contributed by atoms with Gasteiger partial charge in [0.05, 0.1) is 13.1 Å². The van der Waals surface area contributed by atoms with Crippen LogP contribution in [0.15, 0.2) is 53.5 Å². The molecule has 6 nitrogen and oxygen atoms in total. The van der Waals surface area contributed by atoms with E-state index in [1.165, 1.54) is 5.56 Å². The average Bonchev–Trinajstić information content (AvgIpc) is 3.16. The van der Waals surface area contributed by atoms with Crippen LogP contribution in [0.25, 0.3) is 0 Å². The van der Waals surface area contributed by atoms with Gasteiger partial charge in [-0.05, 0) is 43.5 Å². The molecule has 2 N–H and O–H groups in total. The van der Waals surface area contributed by atoms with Crippen LogP contribution < -0.4 is 15.4 Å². The van der Waals surface area contributed by atoms with Crippen molar-refractivity contribution in [3.05, 3.63) is 65.2 Å². The molecule has 0 atom stereocenters. The molecule has 0 aromatic heterocycles. The van der Waals surface area contributed by atoms with E-state index in [9.17, 15) is 4.79 Å².